The van der Waals surface area contributed by atoms with Crippen LogP contribution in [-0.4, -0.2) is 39.5 Å². The van der Waals surface area contributed by atoms with E-state index in [1.165, 1.54) is 34.3 Å². The minimum Gasteiger partial charge on any atom is -0.496 e. The molecule has 0 spiro atoms. The molecule has 0 radical (unpaired) electrons. The van der Waals surface area contributed by atoms with Crippen molar-refractivity contribution in [3.63, 3.8) is 0 Å². The molecule has 0 unspecified atom stereocenters. The first-order chi connectivity index (χ1) is 15.9. The molecule has 0 bridgehead atoms. The van der Waals surface area contributed by atoms with Crippen LogP contribution in [0.3, 0.4) is 0 Å². The topological polar surface area (TPSA) is 88.1 Å². The molecular formula is C26H33O7P. The Morgan fingerprint density at radius 2 is 1.09 bits per heavy atom. The fourth-order valence-corrected chi connectivity index (χ4v) is 6.09. The highest BCUT2D eigenvalue weighted by Gasteiger charge is 2.44. The third-order valence-electron chi connectivity index (χ3n) is 5.10. The second kappa shape index (κ2) is 10.9. The van der Waals surface area contributed by atoms with Gasteiger partial charge >= 0.3 is 0 Å². The molecule has 0 atom stereocenters. The van der Waals surface area contributed by atoms with Gasteiger partial charge in [0, 0.05) is 0 Å². The van der Waals surface area contributed by atoms with Gasteiger partial charge in [0.25, 0.3) is 0 Å². The van der Waals surface area contributed by atoms with Crippen molar-refractivity contribution >= 4 is 18.2 Å². The summed E-state index contributed by atoms with van der Waals surface area (Å²) in [6.07, 6.45) is 0.531. The Balaban J connectivity index is 2.86. The number of hydrogen-bond donors (Lipinski definition) is 0. The normalized spacial score (nSPS) is 12.2. The highest BCUT2D eigenvalue weighted by molar-refractivity contribution is 7.97. The van der Waals surface area contributed by atoms with Crippen molar-refractivity contribution in [1.29, 1.82) is 0 Å². The Hall–Kier alpha value is -3.05. The van der Waals surface area contributed by atoms with E-state index in [2.05, 4.69) is 0 Å². The fourth-order valence-electron chi connectivity index (χ4n) is 3.86. The molecule has 2 rings (SSSR count). The molecule has 0 saturated heterocycles. The molecule has 0 fully saturated rings. The van der Waals surface area contributed by atoms with Crippen LogP contribution in [0.25, 0.3) is 0 Å². The maximum atomic E-state index is 14.6. The Bertz CT molecular complexity index is 1030. The van der Waals surface area contributed by atoms with Gasteiger partial charge in [0.1, 0.15) is 34.1 Å². The molecule has 184 valence electrons. The maximum Gasteiger partial charge on any atom is 0.242 e. The molecule has 8 heteroatoms. The lowest BCUT2D eigenvalue weighted by Crippen LogP contribution is -2.14. The number of methoxy groups -OCH3 is 4. The average molecular weight is 489 g/mol. The molecule has 7 nitrogen and oxygen atoms in total. The standard InChI is InChI=1S/C26H33O7P/c1-17(15-26(2,3)4)16-34(29,24(27)22-18(30-5)11-9-12-19(22)31-6)25(28)23-20(32-7)13-10-14-21(23)33-8/h9-14,16H,15H2,1-8H3. The lowest BCUT2D eigenvalue weighted by atomic mass is 9.89. The Morgan fingerprint density at radius 3 is 1.35 bits per heavy atom. The summed E-state index contributed by atoms with van der Waals surface area (Å²) >= 11 is 0. The molecule has 2 aromatic carbocycles. The van der Waals surface area contributed by atoms with Gasteiger partial charge in [0.15, 0.2) is 0 Å². The average Bonchev–Trinajstić information content (AvgIpc) is 2.80. The van der Waals surface area contributed by atoms with Crippen molar-refractivity contribution in [3.05, 3.63) is 58.9 Å². The summed E-state index contributed by atoms with van der Waals surface area (Å²) in [4.78, 5) is 27.9. The lowest BCUT2D eigenvalue weighted by molar-refractivity contribution is 0.103. The quantitative estimate of drug-likeness (QED) is 0.357. The van der Waals surface area contributed by atoms with Gasteiger partial charge in [-0.3, -0.25) is 9.59 Å². The smallest absolute Gasteiger partial charge is 0.242 e. The Kier molecular flexibility index (Phi) is 8.73. The summed E-state index contributed by atoms with van der Waals surface area (Å²) in [6.45, 7) is 7.82. The van der Waals surface area contributed by atoms with Crippen LogP contribution in [0, 0.1) is 5.41 Å². The van der Waals surface area contributed by atoms with Crippen LogP contribution in [0.15, 0.2) is 47.8 Å². The van der Waals surface area contributed by atoms with E-state index < -0.39 is 18.2 Å². The zero-order chi connectivity index (χ0) is 25.7. The van der Waals surface area contributed by atoms with Gasteiger partial charge in [-0.15, -0.1) is 0 Å². The molecule has 0 aliphatic rings. The van der Waals surface area contributed by atoms with E-state index in [0.29, 0.717) is 12.0 Å². The van der Waals surface area contributed by atoms with Crippen molar-refractivity contribution in [2.45, 2.75) is 34.1 Å². The van der Waals surface area contributed by atoms with Crippen LogP contribution >= 0.6 is 7.14 Å². The van der Waals surface area contributed by atoms with E-state index in [4.69, 9.17) is 18.9 Å². The maximum absolute atomic E-state index is 14.6. The summed E-state index contributed by atoms with van der Waals surface area (Å²) in [7, 11) is 1.16. The number of benzene rings is 2. The largest absolute Gasteiger partial charge is 0.496 e. The minimum absolute atomic E-state index is 0.0575. The molecule has 0 saturated carbocycles. The number of carbonyl (C=O) groups is 2. The van der Waals surface area contributed by atoms with Gasteiger partial charge in [-0.2, -0.15) is 0 Å². The van der Waals surface area contributed by atoms with Crippen LogP contribution in [-0.2, 0) is 4.57 Å². The Labute approximate surface area is 201 Å². The van der Waals surface area contributed by atoms with E-state index >= 15 is 0 Å². The van der Waals surface area contributed by atoms with Crippen molar-refractivity contribution < 1.29 is 33.1 Å². The number of ether oxygens (including phenoxy) is 4. The second-order valence-corrected chi connectivity index (χ2v) is 11.4. The van der Waals surface area contributed by atoms with E-state index in [-0.39, 0.29) is 39.5 Å². The Morgan fingerprint density at radius 1 is 0.765 bits per heavy atom. The highest BCUT2D eigenvalue weighted by Crippen LogP contribution is 2.58. The first kappa shape index (κ1) is 27.2. The van der Waals surface area contributed by atoms with Crippen LogP contribution in [0.5, 0.6) is 23.0 Å². The summed E-state index contributed by atoms with van der Waals surface area (Å²) in [5, 5.41) is 0. The van der Waals surface area contributed by atoms with Crippen LogP contribution in [0.4, 0.5) is 0 Å². The molecule has 0 aliphatic carbocycles. The minimum atomic E-state index is -4.41. The van der Waals surface area contributed by atoms with Crippen molar-refractivity contribution in [3.8, 4) is 23.0 Å². The molecule has 0 aliphatic heterocycles. The lowest BCUT2D eigenvalue weighted by Gasteiger charge is -2.22. The zero-order valence-electron chi connectivity index (χ0n) is 21.1. The molecule has 34 heavy (non-hydrogen) atoms. The molecule has 0 amide bonds. The third-order valence-corrected chi connectivity index (χ3v) is 7.56. The first-order valence-electron chi connectivity index (χ1n) is 10.7. The SMILES string of the molecule is COc1cccc(OC)c1C(=O)P(=O)(C=C(C)CC(C)(C)C)C(=O)c1c(OC)cccc1OC. The number of hydrogen-bond acceptors (Lipinski definition) is 7. The highest BCUT2D eigenvalue weighted by atomic mass is 31.2. The number of carbonyl (C=O) groups excluding carboxylic acids is 2. The van der Waals surface area contributed by atoms with Crippen molar-refractivity contribution in [2.75, 3.05) is 28.4 Å². The van der Waals surface area contributed by atoms with Gasteiger partial charge in [0.05, 0.1) is 28.4 Å². The van der Waals surface area contributed by atoms with Crippen molar-refractivity contribution in [1.82, 2.24) is 0 Å². The van der Waals surface area contributed by atoms with Crippen molar-refractivity contribution in [2.24, 2.45) is 5.41 Å². The van der Waals surface area contributed by atoms with Crippen LogP contribution < -0.4 is 18.9 Å². The van der Waals surface area contributed by atoms with Gasteiger partial charge in [-0.25, -0.2) is 0 Å². The number of rotatable bonds is 10. The van der Waals surface area contributed by atoms with Gasteiger partial charge in [0.2, 0.25) is 18.2 Å². The zero-order valence-corrected chi connectivity index (χ0v) is 21.9. The van der Waals surface area contributed by atoms with Gasteiger partial charge in [-0.05, 0) is 48.8 Å². The van der Waals surface area contributed by atoms with E-state index in [9.17, 15) is 14.2 Å². The van der Waals surface area contributed by atoms with E-state index in [1.54, 1.807) is 43.3 Å². The summed E-state index contributed by atoms with van der Waals surface area (Å²) in [6, 6.07) is 9.51. The molecular weight excluding hydrogens is 455 g/mol. The van der Waals surface area contributed by atoms with Gasteiger partial charge in [-0.1, -0.05) is 38.5 Å². The molecule has 0 N–H and O–H groups in total. The summed E-state index contributed by atoms with van der Waals surface area (Å²) < 4.78 is 36.0. The molecule has 2 aromatic rings. The van der Waals surface area contributed by atoms with Gasteiger partial charge < -0.3 is 23.5 Å². The predicted octanol–water partition coefficient (Wildman–Crippen LogP) is 6.40. The van der Waals surface area contributed by atoms with E-state index in [0.717, 1.165) is 0 Å². The summed E-state index contributed by atoms with van der Waals surface area (Å²) in [5.41, 5.74) is -1.38. The predicted molar refractivity (Wildman–Crippen MR) is 133 cm³/mol. The fraction of sp³-hybridized carbons (Fsp3) is 0.385. The molecule has 0 aromatic heterocycles. The summed E-state index contributed by atoms with van der Waals surface area (Å²) in [5.74, 6) is 1.94. The van der Waals surface area contributed by atoms with Crippen LogP contribution in [0.2, 0.25) is 0 Å². The monoisotopic (exact) mass is 488 g/mol. The second-order valence-electron chi connectivity index (χ2n) is 9.06. The van der Waals surface area contributed by atoms with E-state index in [1.807, 2.05) is 20.8 Å². The first-order valence-corrected chi connectivity index (χ1v) is 12.5. The third kappa shape index (κ3) is 5.71. The molecule has 0 heterocycles. The van der Waals surface area contributed by atoms with Crippen LogP contribution in [0.1, 0.15) is 54.8 Å². The number of allylic oxidation sites excluding steroid dienone is 1.